The number of aryl methyl sites for hydroxylation is 3. The lowest BCUT2D eigenvalue weighted by Gasteiger charge is -2.12. The quantitative estimate of drug-likeness (QED) is 0.473. The number of sulfonamides is 1. The van der Waals surface area contributed by atoms with Crippen molar-refractivity contribution >= 4 is 39.2 Å². The van der Waals surface area contributed by atoms with Gasteiger partial charge in [0.25, 0.3) is 10.0 Å². The maximum atomic E-state index is 12.8. The fraction of sp³-hybridized carbons (Fsp3) is 0.150. The number of nitrogens with zero attached hydrogens (tertiary/aromatic N) is 3. The molecule has 0 saturated heterocycles. The minimum Gasteiger partial charge on any atom is -0.325 e. The Morgan fingerprint density at radius 1 is 0.897 bits per heavy atom. The minimum absolute atomic E-state index is 0.0297. The normalized spacial score (nSPS) is 11.9. The van der Waals surface area contributed by atoms with Crippen molar-refractivity contribution in [2.24, 2.45) is 4.40 Å². The van der Waals surface area contributed by atoms with Gasteiger partial charge in [-0.05, 0) is 63.2 Å². The summed E-state index contributed by atoms with van der Waals surface area (Å²) in [6.45, 7) is 5.53. The molecule has 2 N–H and O–H groups in total. The van der Waals surface area contributed by atoms with E-state index in [1.807, 2.05) is 26.8 Å². The molecule has 9 heteroatoms. The fourth-order valence-corrected chi connectivity index (χ4v) is 3.56. The van der Waals surface area contributed by atoms with Gasteiger partial charge in [0.15, 0.2) is 0 Å². The molecule has 0 aliphatic heterocycles. The molecule has 3 aromatic rings. The Morgan fingerprint density at radius 3 is 2.07 bits per heavy atom. The molecule has 0 saturated carbocycles. The summed E-state index contributed by atoms with van der Waals surface area (Å²) in [6, 6.07) is 15.1. The second-order valence-corrected chi connectivity index (χ2v) is 8.50. The molecule has 0 bridgehead atoms. The van der Waals surface area contributed by atoms with Crippen LogP contribution in [0.15, 0.2) is 63.9 Å². The second-order valence-electron chi connectivity index (χ2n) is 6.46. The second kappa shape index (κ2) is 8.59. The van der Waals surface area contributed by atoms with Gasteiger partial charge in [-0.2, -0.15) is 8.42 Å². The van der Waals surface area contributed by atoms with Crippen LogP contribution in [0.3, 0.4) is 0 Å². The van der Waals surface area contributed by atoms with Gasteiger partial charge in [-0.1, -0.05) is 29.3 Å². The first-order valence-electron chi connectivity index (χ1n) is 8.75. The molecule has 2 aromatic carbocycles. The van der Waals surface area contributed by atoms with E-state index in [1.54, 1.807) is 36.4 Å². The van der Waals surface area contributed by atoms with Crippen LogP contribution in [0.5, 0.6) is 0 Å². The zero-order valence-corrected chi connectivity index (χ0v) is 17.7. The molecule has 0 aliphatic rings. The van der Waals surface area contributed by atoms with Crippen molar-refractivity contribution in [3.63, 3.8) is 0 Å². The van der Waals surface area contributed by atoms with E-state index >= 15 is 0 Å². The molecule has 7 nitrogen and oxygen atoms in total. The van der Waals surface area contributed by atoms with Crippen LogP contribution in [-0.2, 0) is 10.0 Å². The van der Waals surface area contributed by atoms with Crippen LogP contribution in [0, 0.1) is 20.8 Å². The summed E-state index contributed by atoms with van der Waals surface area (Å²) in [7, 11) is -3.96. The monoisotopic (exact) mass is 429 g/mol. The molecule has 0 fully saturated rings. The molecule has 1 aromatic heterocycles. The van der Waals surface area contributed by atoms with Gasteiger partial charge in [0, 0.05) is 22.1 Å². The number of nitrogens with one attached hydrogen (secondary N) is 2. The first kappa shape index (κ1) is 20.8. The first-order chi connectivity index (χ1) is 13.7. The van der Waals surface area contributed by atoms with E-state index in [0.717, 1.165) is 17.0 Å². The summed E-state index contributed by atoms with van der Waals surface area (Å²) in [5.41, 5.74) is 3.04. The largest absolute Gasteiger partial charge is 0.325 e. The molecule has 150 valence electrons. The first-order valence-corrected chi connectivity index (χ1v) is 10.6. The predicted octanol–water partition coefficient (Wildman–Crippen LogP) is 4.32. The van der Waals surface area contributed by atoms with Crippen molar-refractivity contribution in [3.8, 4) is 0 Å². The molecule has 0 atom stereocenters. The summed E-state index contributed by atoms with van der Waals surface area (Å²) in [6.07, 6.45) is 0. The third-order valence-corrected chi connectivity index (χ3v) is 5.39. The standard InChI is InChI=1S/C20H20ClN5O2S/c1-13-4-10-18(11-5-13)29(27,28)26-20(24-17-8-6-16(21)7-9-17)25-19-22-14(2)12-15(3)23-19/h4-12H,1-3H3,(H2,22,23,24,25,26). The Balaban J connectivity index is 1.99. The molecular formula is C20H20ClN5O2S. The average molecular weight is 430 g/mol. The van der Waals surface area contributed by atoms with Gasteiger partial charge in [-0.15, -0.1) is 4.40 Å². The molecule has 0 unspecified atom stereocenters. The fourth-order valence-electron chi connectivity index (χ4n) is 2.52. The van der Waals surface area contributed by atoms with Crippen LogP contribution < -0.4 is 10.6 Å². The highest BCUT2D eigenvalue weighted by molar-refractivity contribution is 7.90. The zero-order valence-electron chi connectivity index (χ0n) is 16.1. The zero-order chi connectivity index (χ0) is 21.0. The Hall–Kier alpha value is -2.97. The van der Waals surface area contributed by atoms with E-state index in [1.165, 1.54) is 12.1 Å². The number of hydrogen-bond acceptors (Lipinski definition) is 4. The van der Waals surface area contributed by atoms with E-state index in [-0.39, 0.29) is 16.8 Å². The molecule has 3 rings (SSSR count). The SMILES string of the molecule is Cc1ccc(S(=O)(=O)/N=C(/Nc2ccc(Cl)cc2)Nc2nc(C)cc(C)n2)cc1. The lowest BCUT2D eigenvalue weighted by Crippen LogP contribution is -2.25. The molecule has 0 amide bonds. The molecule has 29 heavy (non-hydrogen) atoms. The van der Waals surface area contributed by atoms with Gasteiger partial charge in [-0.3, -0.25) is 5.32 Å². The minimum atomic E-state index is -3.96. The third kappa shape index (κ3) is 5.75. The molecule has 0 aliphatic carbocycles. The van der Waals surface area contributed by atoms with Crippen molar-refractivity contribution in [1.82, 2.24) is 9.97 Å². The molecule has 1 heterocycles. The summed E-state index contributed by atoms with van der Waals surface area (Å²) in [5.74, 6) is 0.208. The van der Waals surface area contributed by atoms with E-state index in [0.29, 0.717) is 10.7 Å². The summed E-state index contributed by atoms with van der Waals surface area (Å²) >= 11 is 5.92. The van der Waals surface area contributed by atoms with E-state index in [4.69, 9.17) is 11.6 Å². The van der Waals surface area contributed by atoms with Crippen LogP contribution in [0.1, 0.15) is 17.0 Å². The predicted molar refractivity (Wildman–Crippen MR) is 116 cm³/mol. The van der Waals surface area contributed by atoms with Crippen molar-refractivity contribution in [2.75, 3.05) is 10.6 Å². The van der Waals surface area contributed by atoms with E-state index in [2.05, 4.69) is 25.0 Å². The Morgan fingerprint density at radius 2 is 1.48 bits per heavy atom. The van der Waals surface area contributed by atoms with Crippen molar-refractivity contribution < 1.29 is 8.42 Å². The van der Waals surface area contributed by atoms with Gasteiger partial charge in [0.05, 0.1) is 4.90 Å². The van der Waals surface area contributed by atoms with Crippen LogP contribution >= 0.6 is 11.6 Å². The van der Waals surface area contributed by atoms with Crippen molar-refractivity contribution in [2.45, 2.75) is 25.7 Å². The number of rotatable bonds is 4. The summed E-state index contributed by atoms with van der Waals surface area (Å²) < 4.78 is 29.5. The Kier molecular flexibility index (Phi) is 6.14. The van der Waals surface area contributed by atoms with Gasteiger partial charge < -0.3 is 5.32 Å². The number of aromatic nitrogens is 2. The molecule has 0 radical (unpaired) electrons. The average Bonchev–Trinajstić information content (AvgIpc) is 2.63. The van der Waals surface area contributed by atoms with Crippen LogP contribution in [0.2, 0.25) is 5.02 Å². The van der Waals surface area contributed by atoms with E-state index < -0.39 is 10.0 Å². The number of anilines is 2. The highest BCUT2D eigenvalue weighted by Gasteiger charge is 2.16. The molecular weight excluding hydrogens is 410 g/mol. The van der Waals surface area contributed by atoms with Crippen molar-refractivity contribution in [1.29, 1.82) is 0 Å². The van der Waals surface area contributed by atoms with Crippen molar-refractivity contribution in [3.05, 3.63) is 76.6 Å². The maximum absolute atomic E-state index is 12.8. The highest BCUT2D eigenvalue weighted by atomic mass is 35.5. The van der Waals surface area contributed by atoms with Gasteiger partial charge in [-0.25, -0.2) is 9.97 Å². The van der Waals surface area contributed by atoms with Crippen LogP contribution in [0.4, 0.5) is 11.6 Å². The number of guanidine groups is 1. The lowest BCUT2D eigenvalue weighted by atomic mass is 10.2. The van der Waals surface area contributed by atoms with Gasteiger partial charge in [0.2, 0.25) is 11.9 Å². The Bertz CT molecular complexity index is 1120. The lowest BCUT2D eigenvalue weighted by molar-refractivity contribution is 0.598. The maximum Gasteiger partial charge on any atom is 0.285 e. The summed E-state index contributed by atoms with van der Waals surface area (Å²) in [4.78, 5) is 8.65. The summed E-state index contributed by atoms with van der Waals surface area (Å²) in [5, 5.41) is 6.38. The smallest absolute Gasteiger partial charge is 0.285 e. The van der Waals surface area contributed by atoms with E-state index in [9.17, 15) is 8.42 Å². The number of halogens is 1. The topological polar surface area (TPSA) is 96.3 Å². The van der Waals surface area contributed by atoms with Gasteiger partial charge in [0.1, 0.15) is 0 Å². The Labute approximate surface area is 175 Å². The van der Waals surface area contributed by atoms with Crippen LogP contribution in [0.25, 0.3) is 0 Å². The van der Waals surface area contributed by atoms with Gasteiger partial charge >= 0.3 is 0 Å². The van der Waals surface area contributed by atoms with Crippen LogP contribution in [-0.4, -0.2) is 24.3 Å². The number of benzene rings is 2. The highest BCUT2D eigenvalue weighted by Crippen LogP contribution is 2.17. The number of hydrogen-bond donors (Lipinski definition) is 2. The molecule has 0 spiro atoms. The third-order valence-electron chi connectivity index (χ3n) is 3.85.